The van der Waals surface area contributed by atoms with Gasteiger partial charge in [-0.2, -0.15) is 0 Å². The standard InChI is InChI=1S/C51H82N8O17/c1-3-4-5-6-7-8-9-10-11-12-13-14-15-16-38(66)53-34-24-36(64)47(72)57-49(74)41-42(67)30(27-60)25-59(41)50(75)33(21-22-37(52)65)54-48(73)40(44(69)43(68)29-17-19-31(62)20-18-29)56-46(71)35-23-32(63)26-58(35)51(76)39(28(2)61)55-45(34)70/h17-20,28,30,32-36,39-44,47,60-64,67-69,72H,3-16,21-27H2,1-2H3,(H2,52,65)(H,53,66)(H,54,73)(H,55,70)(H,56,71)(H,57,74)/t28-,30+,32+,33+,34+,35-,36+,39+,40-,41+,42-,43+,44+,47+/m1/s1. The Morgan fingerprint density at radius 3 is 1.84 bits per heavy atom. The van der Waals surface area contributed by atoms with Gasteiger partial charge in [0.05, 0.1) is 24.9 Å². The number of nitrogens with one attached hydrogen (secondary N) is 5. The fraction of sp³-hybridized carbons (Fsp3) is 0.725. The van der Waals surface area contributed by atoms with E-state index in [4.69, 9.17) is 5.73 Å². The molecule has 76 heavy (non-hydrogen) atoms. The van der Waals surface area contributed by atoms with Gasteiger partial charge in [0.2, 0.25) is 47.3 Å². The number of carbonyl (C=O) groups excluding carboxylic acids is 8. The zero-order valence-corrected chi connectivity index (χ0v) is 43.5. The lowest BCUT2D eigenvalue weighted by atomic mass is 9.96. The number of amides is 8. The third-order valence-electron chi connectivity index (χ3n) is 14.3. The van der Waals surface area contributed by atoms with Crippen LogP contribution in [-0.4, -0.2) is 196 Å². The lowest BCUT2D eigenvalue weighted by molar-refractivity contribution is -0.147. The summed E-state index contributed by atoms with van der Waals surface area (Å²) in [6.45, 7) is 1.36. The van der Waals surface area contributed by atoms with Gasteiger partial charge >= 0.3 is 0 Å². The Bertz CT molecular complexity index is 2090. The van der Waals surface area contributed by atoms with Crippen molar-refractivity contribution in [2.75, 3.05) is 19.7 Å². The Kier molecular flexibility index (Phi) is 25.7. The van der Waals surface area contributed by atoms with E-state index in [9.17, 15) is 84.3 Å². The van der Waals surface area contributed by atoms with Crippen LogP contribution in [0.15, 0.2) is 24.3 Å². The maximum absolute atomic E-state index is 14.5. The minimum absolute atomic E-state index is 0.0763. The number of fused-ring (bicyclic) bond motifs is 2. The minimum atomic E-state index is -2.31. The predicted molar refractivity (Wildman–Crippen MR) is 270 cm³/mol. The Hall–Kier alpha value is -5.54. The Morgan fingerprint density at radius 2 is 1.28 bits per heavy atom. The number of aliphatic hydroxyl groups excluding tert-OH is 8. The van der Waals surface area contributed by atoms with Crippen molar-refractivity contribution in [2.45, 2.75) is 209 Å². The van der Waals surface area contributed by atoms with E-state index in [0.29, 0.717) is 12.8 Å². The summed E-state index contributed by atoms with van der Waals surface area (Å²) in [5, 5.41) is 110. The molecule has 3 heterocycles. The highest BCUT2D eigenvalue weighted by Gasteiger charge is 2.50. The van der Waals surface area contributed by atoms with Gasteiger partial charge in [-0.25, -0.2) is 0 Å². The first kappa shape index (κ1) is 63.0. The number of primary amides is 1. The lowest BCUT2D eigenvalue weighted by Crippen LogP contribution is -2.63. The fourth-order valence-corrected chi connectivity index (χ4v) is 9.84. The van der Waals surface area contributed by atoms with E-state index < -0.39 is 178 Å². The predicted octanol–water partition coefficient (Wildman–Crippen LogP) is -2.81. The average molecular weight is 1080 g/mol. The zero-order valence-electron chi connectivity index (χ0n) is 43.5. The van der Waals surface area contributed by atoms with Crippen LogP contribution in [0, 0.1) is 5.92 Å². The summed E-state index contributed by atoms with van der Waals surface area (Å²) in [4.78, 5) is 113. The highest BCUT2D eigenvalue weighted by Crippen LogP contribution is 2.28. The molecule has 25 heteroatoms. The van der Waals surface area contributed by atoms with E-state index in [0.717, 1.165) is 61.0 Å². The number of phenols is 1. The van der Waals surface area contributed by atoms with E-state index in [1.807, 2.05) is 0 Å². The third-order valence-corrected chi connectivity index (χ3v) is 14.3. The molecule has 1 aromatic carbocycles. The molecule has 0 saturated carbocycles. The largest absolute Gasteiger partial charge is 0.508 e. The molecule has 14 atom stereocenters. The highest BCUT2D eigenvalue weighted by molar-refractivity contribution is 5.98. The number of benzene rings is 1. The van der Waals surface area contributed by atoms with E-state index in [-0.39, 0.29) is 17.7 Å². The molecule has 8 amide bonds. The molecule has 428 valence electrons. The Balaban J connectivity index is 1.68. The van der Waals surface area contributed by atoms with Gasteiger partial charge in [-0.05, 0) is 37.5 Å². The molecule has 3 fully saturated rings. The third kappa shape index (κ3) is 18.3. The lowest BCUT2D eigenvalue weighted by Gasteiger charge is -2.33. The topological polar surface area (TPSA) is 411 Å². The molecule has 0 bridgehead atoms. The monoisotopic (exact) mass is 1080 g/mol. The van der Waals surface area contributed by atoms with Crippen LogP contribution in [-0.2, 0) is 38.4 Å². The maximum Gasteiger partial charge on any atom is 0.248 e. The van der Waals surface area contributed by atoms with E-state index >= 15 is 0 Å². The normalized spacial score (nSPS) is 28.5. The van der Waals surface area contributed by atoms with Gasteiger partial charge < -0.3 is 88.1 Å². The van der Waals surface area contributed by atoms with Gasteiger partial charge in [-0.3, -0.25) is 38.4 Å². The van der Waals surface area contributed by atoms with Crippen LogP contribution in [0.1, 0.15) is 141 Å². The number of nitrogens with two attached hydrogens (primary N) is 1. The van der Waals surface area contributed by atoms with E-state index in [1.54, 1.807) is 0 Å². The molecule has 4 rings (SSSR count). The second kappa shape index (κ2) is 31.0. The van der Waals surface area contributed by atoms with Crippen molar-refractivity contribution >= 4 is 47.3 Å². The number of aliphatic hydroxyl groups is 8. The van der Waals surface area contributed by atoms with Crippen molar-refractivity contribution < 1.29 is 84.3 Å². The van der Waals surface area contributed by atoms with Crippen molar-refractivity contribution in [3.05, 3.63) is 29.8 Å². The summed E-state index contributed by atoms with van der Waals surface area (Å²) in [5.74, 6) is -10.6. The van der Waals surface area contributed by atoms with Crippen molar-refractivity contribution in [1.82, 2.24) is 36.4 Å². The number of phenolic OH excluding ortho intramolecular Hbond substituents is 1. The van der Waals surface area contributed by atoms with Crippen LogP contribution in [0.25, 0.3) is 0 Å². The average Bonchev–Trinajstić information content (AvgIpc) is 3.95. The van der Waals surface area contributed by atoms with Gasteiger partial charge in [-0.1, -0.05) is 96.1 Å². The maximum atomic E-state index is 14.5. The van der Waals surface area contributed by atoms with Gasteiger partial charge in [0.15, 0.2) is 6.23 Å². The highest BCUT2D eigenvalue weighted by atomic mass is 16.3. The first-order valence-corrected chi connectivity index (χ1v) is 26.7. The van der Waals surface area contributed by atoms with Gasteiger partial charge in [0.1, 0.15) is 60.3 Å². The first-order chi connectivity index (χ1) is 36.1. The number of rotatable bonds is 23. The number of nitrogens with zero attached hydrogens (tertiary/aromatic N) is 2. The number of unbranched alkanes of at least 4 members (excludes halogenated alkanes) is 12. The van der Waals surface area contributed by atoms with Crippen molar-refractivity contribution in [2.24, 2.45) is 11.7 Å². The summed E-state index contributed by atoms with van der Waals surface area (Å²) < 4.78 is 0. The van der Waals surface area contributed by atoms with Crippen LogP contribution in [0.2, 0.25) is 0 Å². The summed E-state index contributed by atoms with van der Waals surface area (Å²) in [7, 11) is 0. The molecule has 1 aromatic rings. The quantitative estimate of drug-likeness (QED) is 0.0492. The molecule has 0 unspecified atom stereocenters. The molecule has 3 aliphatic heterocycles. The Labute approximate surface area is 442 Å². The first-order valence-electron chi connectivity index (χ1n) is 26.7. The molecule has 16 N–H and O–H groups in total. The van der Waals surface area contributed by atoms with E-state index in [1.165, 1.54) is 50.7 Å². The molecule has 0 aliphatic carbocycles. The second-order valence-corrected chi connectivity index (χ2v) is 20.4. The molecular formula is C51H82N8O17. The molecule has 3 aliphatic rings. The number of aromatic hydroxyl groups is 1. The zero-order chi connectivity index (χ0) is 56.2. The molecule has 0 spiro atoms. The van der Waals surface area contributed by atoms with Crippen LogP contribution in [0.3, 0.4) is 0 Å². The summed E-state index contributed by atoms with van der Waals surface area (Å²) in [6.07, 6.45) is -2.76. The van der Waals surface area contributed by atoms with Gasteiger partial charge in [0.25, 0.3) is 0 Å². The minimum Gasteiger partial charge on any atom is -0.508 e. The summed E-state index contributed by atoms with van der Waals surface area (Å²) in [6, 6.07) is -6.85. The van der Waals surface area contributed by atoms with Gasteiger partial charge in [0, 0.05) is 44.7 Å². The fourth-order valence-electron chi connectivity index (χ4n) is 9.84. The SMILES string of the molecule is CCCCCCCCCCCCCCCC(=O)N[C@H]1C[C@H](O)[C@H](O)NC(=O)[C@@H]2[C@H](O)[C@H](CO)CN2C(=O)[C@H](CCC(N)=O)NC(=O)[C@@H]([C@H](O)[C@@H](O)c2ccc(O)cc2)NC(=O)[C@H]2C[C@H](O)CN2C(=O)[C@H]([C@@H](C)O)NC1=O. The summed E-state index contributed by atoms with van der Waals surface area (Å²) in [5.41, 5.74) is 5.32. The Morgan fingerprint density at radius 1 is 0.697 bits per heavy atom. The van der Waals surface area contributed by atoms with Crippen LogP contribution >= 0.6 is 0 Å². The molecular weight excluding hydrogens is 997 g/mol. The second-order valence-electron chi connectivity index (χ2n) is 20.4. The molecule has 0 radical (unpaired) electrons. The molecule has 3 saturated heterocycles. The van der Waals surface area contributed by atoms with Crippen molar-refractivity contribution in [3.8, 4) is 5.75 Å². The van der Waals surface area contributed by atoms with Crippen LogP contribution in [0.4, 0.5) is 0 Å². The van der Waals surface area contributed by atoms with E-state index in [2.05, 4.69) is 33.5 Å². The van der Waals surface area contributed by atoms with Crippen LogP contribution < -0.4 is 32.3 Å². The number of hydrogen-bond donors (Lipinski definition) is 15. The number of hydrogen-bond acceptors (Lipinski definition) is 17. The van der Waals surface area contributed by atoms with Gasteiger partial charge in [-0.15, -0.1) is 0 Å². The van der Waals surface area contributed by atoms with Crippen molar-refractivity contribution in [1.29, 1.82) is 0 Å². The number of carbonyl (C=O) groups is 8. The summed E-state index contributed by atoms with van der Waals surface area (Å²) >= 11 is 0. The van der Waals surface area contributed by atoms with Crippen LogP contribution in [0.5, 0.6) is 5.75 Å². The van der Waals surface area contributed by atoms with Crippen molar-refractivity contribution in [3.63, 3.8) is 0 Å². The molecule has 25 nitrogen and oxygen atoms in total. The smallest absolute Gasteiger partial charge is 0.248 e. The molecule has 0 aromatic heterocycles.